The van der Waals surface area contributed by atoms with Crippen molar-refractivity contribution in [2.45, 2.75) is 52.0 Å². The molecule has 0 heterocycles. The van der Waals surface area contributed by atoms with E-state index in [9.17, 15) is 0 Å². The van der Waals surface area contributed by atoms with Gasteiger partial charge in [0.15, 0.2) is 0 Å². The molecule has 2 heteroatoms. The van der Waals surface area contributed by atoms with Crippen molar-refractivity contribution in [3.8, 4) is 5.75 Å². The van der Waals surface area contributed by atoms with Crippen molar-refractivity contribution < 1.29 is 4.74 Å². The van der Waals surface area contributed by atoms with E-state index in [0.717, 1.165) is 25.3 Å². The van der Waals surface area contributed by atoms with Crippen molar-refractivity contribution >= 4 is 0 Å². The second-order valence-electron chi connectivity index (χ2n) is 4.72. The number of hydrogen-bond acceptors (Lipinski definition) is 2. The molecule has 18 heavy (non-hydrogen) atoms. The zero-order chi connectivity index (χ0) is 13.1. The van der Waals surface area contributed by atoms with Crippen LogP contribution in [0.25, 0.3) is 0 Å². The summed E-state index contributed by atoms with van der Waals surface area (Å²) in [7, 11) is 0. The van der Waals surface area contributed by atoms with Gasteiger partial charge in [-0.15, -0.1) is 0 Å². The van der Waals surface area contributed by atoms with Gasteiger partial charge in [0.2, 0.25) is 0 Å². The molecule has 0 spiro atoms. The Bertz CT molecular complexity index is 286. The fourth-order valence-corrected chi connectivity index (χ4v) is 2.00. The average molecular weight is 249 g/mol. The van der Waals surface area contributed by atoms with Crippen LogP contribution in [0.3, 0.4) is 0 Å². The van der Waals surface area contributed by atoms with Crippen molar-refractivity contribution in [2.24, 2.45) is 0 Å². The molecule has 1 atom stereocenters. The third kappa shape index (κ3) is 6.65. The molecule has 0 aliphatic rings. The van der Waals surface area contributed by atoms with Crippen molar-refractivity contribution in [2.75, 3.05) is 13.2 Å². The minimum Gasteiger partial charge on any atom is -0.494 e. The maximum absolute atomic E-state index is 5.68. The summed E-state index contributed by atoms with van der Waals surface area (Å²) in [4.78, 5) is 0. The molecule has 1 aromatic rings. The van der Waals surface area contributed by atoms with E-state index in [1.54, 1.807) is 0 Å². The van der Waals surface area contributed by atoms with Crippen LogP contribution in [0.2, 0.25) is 0 Å². The molecule has 0 bridgehead atoms. The van der Waals surface area contributed by atoms with Gasteiger partial charge in [-0.05, 0) is 50.8 Å². The van der Waals surface area contributed by atoms with Gasteiger partial charge in [-0.1, -0.05) is 32.0 Å². The molecule has 0 fully saturated rings. The standard InChI is InChI=1S/C16H27NO/c1-3-13-17-15(4-2)10-8-9-14-18-16-11-6-5-7-12-16/h5-7,11-12,15,17H,3-4,8-10,13-14H2,1-2H3. The van der Waals surface area contributed by atoms with E-state index in [1.807, 2.05) is 30.3 Å². The molecular formula is C16H27NO. The Hall–Kier alpha value is -1.02. The zero-order valence-corrected chi connectivity index (χ0v) is 11.8. The Morgan fingerprint density at radius 3 is 2.56 bits per heavy atom. The lowest BCUT2D eigenvalue weighted by atomic mass is 10.1. The molecule has 0 saturated carbocycles. The van der Waals surface area contributed by atoms with Crippen LogP contribution in [-0.4, -0.2) is 19.2 Å². The Balaban J connectivity index is 2.03. The monoisotopic (exact) mass is 249 g/mol. The molecule has 0 amide bonds. The topological polar surface area (TPSA) is 21.3 Å². The SMILES string of the molecule is CCCNC(CC)CCCCOc1ccccc1. The summed E-state index contributed by atoms with van der Waals surface area (Å²) in [6.07, 6.45) is 6.07. The van der Waals surface area contributed by atoms with E-state index in [1.165, 1.54) is 25.7 Å². The average Bonchev–Trinajstić information content (AvgIpc) is 2.43. The van der Waals surface area contributed by atoms with Crippen LogP contribution < -0.4 is 10.1 Å². The molecule has 2 nitrogen and oxygen atoms in total. The first kappa shape index (κ1) is 15.0. The summed E-state index contributed by atoms with van der Waals surface area (Å²) in [5.41, 5.74) is 0. The fraction of sp³-hybridized carbons (Fsp3) is 0.625. The Morgan fingerprint density at radius 1 is 1.11 bits per heavy atom. The summed E-state index contributed by atoms with van der Waals surface area (Å²) in [5, 5.41) is 3.59. The first-order valence-electron chi connectivity index (χ1n) is 7.28. The van der Waals surface area contributed by atoms with E-state index < -0.39 is 0 Å². The van der Waals surface area contributed by atoms with Gasteiger partial charge in [0.1, 0.15) is 5.75 Å². The van der Waals surface area contributed by atoms with Crippen LogP contribution >= 0.6 is 0 Å². The molecular weight excluding hydrogens is 222 g/mol. The van der Waals surface area contributed by atoms with E-state index in [2.05, 4.69) is 19.2 Å². The molecule has 0 radical (unpaired) electrons. The van der Waals surface area contributed by atoms with Gasteiger partial charge >= 0.3 is 0 Å². The van der Waals surface area contributed by atoms with Gasteiger partial charge in [-0.25, -0.2) is 0 Å². The summed E-state index contributed by atoms with van der Waals surface area (Å²) in [6, 6.07) is 10.7. The van der Waals surface area contributed by atoms with Gasteiger partial charge in [0.05, 0.1) is 6.61 Å². The Morgan fingerprint density at radius 2 is 1.89 bits per heavy atom. The lowest BCUT2D eigenvalue weighted by Crippen LogP contribution is -2.29. The molecule has 0 aromatic heterocycles. The van der Waals surface area contributed by atoms with Crippen molar-refractivity contribution in [1.82, 2.24) is 5.32 Å². The maximum atomic E-state index is 5.68. The van der Waals surface area contributed by atoms with Crippen molar-refractivity contribution in [1.29, 1.82) is 0 Å². The molecule has 0 saturated heterocycles. The third-order valence-corrected chi connectivity index (χ3v) is 3.13. The Kier molecular flexibility index (Phi) is 8.32. The van der Waals surface area contributed by atoms with Crippen LogP contribution in [-0.2, 0) is 0 Å². The van der Waals surface area contributed by atoms with Crippen LogP contribution in [0, 0.1) is 0 Å². The predicted octanol–water partition coefficient (Wildman–Crippen LogP) is 4.01. The molecule has 1 rings (SSSR count). The fourth-order valence-electron chi connectivity index (χ4n) is 2.00. The van der Waals surface area contributed by atoms with E-state index in [4.69, 9.17) is 4.74 Å². The van der Waals surface area contributed by atoms with Crippen LogP contribution in [0.1, 0.15) is 46.0 Å². The van der Waals surface area contributed by atoms with E-state index in [-0.39, 0.29) is 0 Å². The number of para-hydroxylation sites is 1. The zero-order valence-electron chi connectivity index (χ0n) is 11.8. The van der Waals surface area contributed by atoms with Gasteiger partial charge in [0, 0.05) is 6.04 Å². The molecule has 0 aliphatic carbocycles. The highest BCUT2D eigenvalue weighted by Gasteiger charge is 2.03. The summed E-state index contributed by atoms with van der Waals surface area (Å²) in [6.45, 7) is 6.44. The quantitative estimate of drug-likeness (QED) is 0.632. The maximum Gasteiger partial charge on any atom is 0.119 e. The van der Waals surface area contributed by atoms with Gasteiger partial charge in [-0.2, -0.15) is 0 Å². The number of benzene rings is 1. The second kappa shape index (κ2) is 9.95. The first-order valence-corrected chi connectivity index (χ1v) is 7.28. The highest BCUT2D eigenvalue weighted by Crippen LogP contribution is 2.10. The molecule has 1 aromatic carbocycles. The second-order valence-corrected chi connectivity index (χ2v) is 4.72. The highest BCUT2D eigenvalue weighted by atomic mass is 16.5. The number of rotatable bonds is 10. The van der Waals surface area contributed by atoms with Crippen LogP contribution in [0.4, 0.5) is 0 Å². The van der Waals surface area contributed by atoms with Gasteiger partial charge in [-0.3, -0.25) is 0 Å². The molecule has 102 valence electrons. The lowest BCUT2D eigenvalue weighted by molar-refractivity contribution is 0.300. The minimum absolute atomic E-state index is 0.682. The smallest absolute Gasteiger partial charge is 0.119 e. The van der Waals surface area contributed by atoms with Gasteiger partial charge < -0.3 is 10.1 Å². The molecule has 1 unspecified atom stereocenters. The Labute approximate surface area is 112 Å². The van der Waals surface area contributed by atoms with Crippen molar-refractivity contribution in [3.05, 3.63) is 30.3 Å². The first-order chi connectivity index (χ1) is 8.86. The summed E-state index contributed by atoms with van der Waals surface area (Å²) < 4.78 is 5.68. The molecule has 0 aliphatic heterocycles. The molecule has 1 N–H and O–H groups in total. The van der Waals surface area contributed by atoms with Crippen LogP contribution in [0.5, 0.6) is 5.75 Å². The number of nitrogens with one attached hydrogen (secondary N) is 1. The summed E-state index contributed by atoms with van der Waals surface area (Å²) >= 11 is 0. The predicted molar refractivity (Wildman–Crippen MR) is 78.2 cm³/mol. The third-order valence-electron chi connectivity index (χ3n) is 3.13. The lowest BCUT2D eigenvalue weighted by Gasteiger charge is -2.16. The number of unbranched alkanes of at least 4 members (excludes halogenated alkanes) is 1. The highest BCUT2D eigenvalue weighted by molar-refractivity contribution is 5.20. The van der Waals surface area contributed by atoms with E-state index >= 15 is 0 Å². The van der Waals surface area contributed by atoms with Crippen LogP contribution in [0.15, 0.2) is 30.3 Å². The summed E-state index contributed by atoms with van der Waals surface area (Å²) in [5.74, 6) is 0.980. The largest absolute Gasteiger partial charge is 0.494 e. The van der Waals surface area contributed by atoms with E-state index in [0.29, 0.717) is 6.04 Å². The normalized spacial score (nSPS) is 12.3. The number of hydrogen-bond donors (Lipinski definition) is 1. The van der Waals surface area contributed by atoms with Crippen molar-refractivity contribution in [3.63, 3.8) is 0 Å². The minimum atomic E-state index is 0.682. The van der Waals surface area contributed by atoms with Gasteiger partial charge in [0.25, 0.3) is 0 Å². The number of ether oxygens (including phenoxy) is 1.